The first-order valence-corrected chi connectivity index (χ1v) is 5.96. The van der Waals surface area contributed by atoms with Crippen LogP contribution in [0.2, 0.25) is 0 Å². The molecule has 1 heterocycles. The molecule has 0 spiro atoms. The number of halogens is 1. The Labute approximate surface area is 106 Å². The zero-order chi connectivity index (χ0) is 13.1. The van der Waals surface area contributed by atoms with Gasteiger partial charge in [0.1, 0.15) is 5.82 Å². The fourth-order valence-electron chi connectivity index (χ4n) is 1.24. The lowest BCUT2D eigenvalue weighted by atomic mass is 10.3. The minimum atomic E-state index is -0.469. The molecule has 1 aromatic carbocycles. The quantitative estimate of drug-likeness (QED) is 0.827. The first kappa shape index (κ1) is 12.5. The Morgan fingerprint density at radius 3 is 3.00 bits per heavy atom. The highest BCUT2D eigenvalue weighted by Crippen LogP contribution is 2.22. The SMILES string of the molecule is C[C@H](Sc1nnnn1-c1cccc(F)c1)C(N)=O. The van der Waals surface area contributed by atoms with E-state index in [2.05, 4.69) is 15.5 Å². The summed E-state index contributed by atoms with van der Waals surface area (Å²) in [6.45, 7) is 1.65. The van der Waals surface area contributed by atoms with Crippen molar-refractivity contribution in [1.29, 1.82) is 0 Å². The maximum absolute atomic E-state index is 13.1. The number of tetrazole rings is 1. The van der Waals surface area contributed by atoms with Gasteiger partial charge in [-0.3, -0.25) is 4.79 Å². The van der Waals surface area contributed by atoms with Crippen LogP contribution in [0, 0.1) is 5.82 Å². The van der Waals surface area contributed by atoms with Gasteiger partial charge in [-0.05, 0) is 35.5 Å². The smallest absolute Gasteiger partial charge is 0.230 e. The van der Waals surface area contributed by atoms with Gasteiger partial charge >= 0.3 is 0 Å². The minimum absolute atomic E-state index is 0.381. The van der Waals surface area contributed by atoms with Crippen LogP contribution in [0.25, 0.3) is 5.69 Å². The average Bonchev–Trinajstić information content (AvgIpc) is 2.77. The summed E-state index contributed by atoms with van der Waals surface area (Å²) in [6, 6.07) is 5.85. The summed E-state index contributed by atoms with van der Waals surface area (Å²) in [6.07, 6.45) is 0. The molecule has 0 aliphatic heterocycles. The summed E-state index contributed by atoms with van der Waals surface area (Å²) in [5.41, 5.74) is 5.65. The van der Waals surface area contributed by atoms with Gasteiger partial charge < -0.3 is 5.73 Å². The Morgan fingerprint density at radius 2 is 2.33 bits per heavy atom. The molecule has 0 saturated carbocycles. The molecule has 94 valence electrons. The number of amides is 1. The van der Waals surface area contributed by atoms with Gasteiger partial charge in [0.25, 0.3) is 0 Å². The molecule has 18 heavy (non-hydrogen) atoms. The highest BCUT2D eigenvalue weighted by atomic mass is 32.2. The number of primary amides is 1. The van der Waals surface area contributed by atoms with Gasteiger partial charge in [0.2, 0.25) is 11.1 Å². The van der Waals surface area contributed by atoms with E-state index in [1.807, 2.05) is 0 Å². The van der Waals surface area contributed by atoms with Crippen molar-refractivity contribution in [3.63, 3.8) is 0 Å². The molecule has 1 amide bonds. The van der Waals surface area contributed by atoms with Crippen LogP contribution >= 0.6 is 11.8 Å². The van der Waals surface area contributed by atoms with Crippen molar-refractivity contribution >= 4 is 17.7 Å². The Morgan fingerprint density at radius 1 is 1.56 bits per heavy atom. The summed E-state index contributed by atoms with van der Waals surface area (Å²) in [5.74, 6) is -0.851. The third-order valence-corrected chi connectivity index (χ3v) is 3.23. The topological polar surface area (TPSA) is 86.7 Å². The van der Waals surface area contributed by atoms with E-state index in [0.29, 0.717) is 10.8 Å². The molecule has 1 aromatic heterocycles. The van der Waals surface area contributed by atoms with E-state index in [9.17, 15) is 9.18 Å². The van der Waals surface area contributed by atoms with Gasteiger partial charge in [-0.25, -0.2) is 4.39 Å². The van der Waals surface area contributed by atoms with E-state index in [-0.39, 0.29) is 5.82 Å². The standard InChI is InChI=1S/C10H10FN5OS/c1-6(9(12)17)18-10-13-14-15-16(10)8-4-2-3-7(11)5-8/h2-6H,1H3,(H2,12,17)/t6-/m0/s1. The number of aromatic nitrogens is 4. The van der Waals surface area contributed by atoms with Crippen LogP contribution in [-0.2, 0) is 4.79 Å². The highest BCUT2D eigenvalue weighted by molar-refractivity contribution is 8.00. The molecular formula is C10H10FN5OS. The molecule has 2 aromatic rings. The fourth-order valence-corrected chi connectivity index (χ4v) is 2.00. The Bertz CT molecular complexity index is 573. The summed E-state index contributed by atoms with van der Waals surface area (Å²) >= 11 is 1.12. The first-order chi connectivity index (χ1) is 8.58. The number of nitrogens with two attached hydrogens (primary N) is 1. The number of carbonyl (C=O) groups is 1. The van der Waals surface area contributed by atoms with Crippen LogP contribution in [0.1, 0.15) is 6.92 Å². The lowest BCUT2D eigenvalue weighted by molar-refractivity contribution is -0.117. The second kappa shape index (κ2) is 5.13. The van der Waals surface area contributed by atoms with Crippen molar-refractivity contribution < 1.29 is 9.18 Å². The first-order valence-electron chi connectivity index (χ1n) is 5.08. The van der Waals surface area contributed by atoms with Crippen LogP contribution in [0.3, 0.4) is 0 Å². The molecule has 0 aliphatic carbocycles. The molecule has 0 radical (unpaired) electrons. The average molecular weight is 267 g/mol. The lowest BCUT2D eigenvalue weighted by Crippen LogP contribution is -2.23. The zero-order valence-corrected chi connectivity index (χ0v) is 10.3. The molecule has 0 unspecified atom stereocenters. The molecule has 2 rings (SSSR count). The van der Waals surface area contributed by atoms with Crippen molar-refractivity contribution in [2.24, 2.45) is 5.73 Å². The molecule has 1 atom stereocenters. The van der Waals surface area contributed by atoms with Gasteiger partial charge in [0.15, 0.2) is 0 Å². The third-order valence-electron chi connectivity index (χ3n) is 2.18. The number of hydrogen-bond acceptors (Lipinski definition) is 5. The minimum Gasteiger partial charge on any atom is -0.369 e. The van der Waals surface area contributed by atoms with Crippen LogP contribution in [0.5, 0.6) is 0 Å². The summed E-state index contributed by atoms with van der Waals surface area (Å²) in [5, 5.41) is 11.0. The molecule has 0 bridgehead atoms. The lowest BCUT2D eigenvalue weighted by Gasteiger charge is -2.07. The van der Waals surface area contributed by atoms with E-state index in [1.54, 1.807) is 19.1 Å². The second-order valence-electron chi connectivity index (χ2n) is 3.52. The Kier molecular flexibility index (Phi) is 3.56. The largest absolute Gasteiger partial charge is 0.369 e. The summed E-state index contributed by atoms with van der Waals surface area (Å²) < 4.78 is 14.5. The predicted octanol–water partition coefficient (Wildman–Crippen LogP) is 0.767. The number of nitrogens with zero attached hydrogens (tertiary/aromatic N) is 4. The van der Waals surface area contributed by atoms with Crippen LogP contribution in [-0.4, -0.2) is 31.4 Å². The van der Waals surface area contributed by atoms with Gasteiger partial charge in [-0.15, -0.1) is 5.10 Å². The second-order valence-corrected chi connectivity index (χ2v) is 4.82. The number of rotatable bonds is 4. The molecule has 0 aliphatic rings. The molecule has 0 fully saturated rings. The normalized spacial score (nSPS) is 12.3. The molecule has 2 N–H and O–H groups in total. The van der Waals surface area contributed by atoms with Gasteiger partial charge in [0.05, 0.1) is 10.9 Å². The van der Waals surface area contributed by atoms with Crippen molar-refractivity contribution in [3.05, 3.63) is 30.1 Å². The number of benzene rings is 1. The van der Waals surface area contributed by atoms with Gasteiger partial charge in [-0.2, -0.15) is 4.68 Å². The van der Waals surface area contributed by atoms with Crippen molar-refractivity contribution in [2.45, 2.75) is 17.3 Å². The maximum atomic E-state index is 13.1. The van der Waals surface area contributed by atoms with E-state index >= 15 is 0 Å². The highest BCUT2D eigenvalue weighted by Gasteiger charge is 2.16. The Hall–Kier alpha value is -1.96. The van der Waals surface area contributed by atoms with Crippen molar-refractivity contribution in [2.75, 3.05) is 0 Å². The molecule has 0 saturated heterocycles. The van der Waals surface area contributed by atoms with Crippen LogP contribution in [0.15, 0.2) is 29.4 Å². The summed E-state index contributed by atoms with van der Waals surface area (Å²) in [7, 11) is 0. The fraction of sp³-hybridized carbons (Fsp3) is 0.200. The predicted molar refractivity (Wildman–Crippen MR) is 63.6 cm³/mol. The molecular weight excluding hydrogens is 257 g/mol. The van der Waals surface area contributed by atoms with Crippen molar-refractivity contribution in [1.82, 2.24) is 20.2 Å². The number of thioether (sulfide) groups is 1. The number of carbonyl (C=O) groups excluding carboxylic acids is 1. The van der Waals surface area contributed by atoms with E-state index in [4.69, 9.17) is 5.73 Å². The van der Waals surface area contributed by atoms with Gasteiger partial charge in [0, 0.05) is 0 Å². The molecule has 6 nitrogen and oxygen atoms in total. The zero-order valence-electron chi connectivity index (χ0n) is 9.45. The summed E-state index contributed by atoms with van der Waals surface area (Å²) in [4.78, 5) is 11.0. The van der Waals surface area contributed by atoms with Crippen LogP contribution in [0.4, 0.5) is 4.39 Å². The maximum Gasteiger partial charge on any atom is 0.230 e. The van der Waals surface area contributed by atoms with Crippen molar-refractivity contribution in [3.8, 4) is 5.69 Å². The van der Waals surface area contributed by atoms with E-state index in [0.717, 1.165) is 11.8 Å². The van der Waals surface area contributed by atoms with Gasteiger partial charge in [-0.1, -0.05) is 17.8 Å². The monoisotopic (exact) mass is 267 g/mol. The Balaban J connectivity index is 2.30. The van der Waals surface area contributed by atoms with E-state index < -0.39 is 11.2 Å². The van der Waals surface area contributed by atoms with E-state index in [1.165, 1.54) is 16.8 Å². The third kappa shape index (κ3) is 2.65. The van der Waals surface area contributed by atoms with Crippen LogP contribution < -0.4 is 5.73 Å². The number of hydrogen-bond donors (Lipinski definition) is 1. The molecule has 8 heteroatoms.